The Balaban J connectivity index is 1.57. The fourth-order valence-electron chi connectivity index (χ4n) is 2.26. The molecule has 0 aliphatic carbocycles. The first-order valence-corrected chi connectivity index (χ1v) is 7.40. The first-order chi connectivity index (χ1) is 11.7. The molecule has 0 saturated carbocycles. The molecule has 0 aliphatic rings. The third-order valence-electron chi connectivity index (χ3n) is 3.36. The molecule has 1 amide bonds. The van der Waals surface area contributed by atoms with E-state index in [9.17, 15) is 9.18 Å². The van der Waals surface area contributed by atoms with Gasteiger partial charge < -0.3 is 4.74 Å². The maximum absolute atomic E-state index is 13.0. The van der Waals surface area contributed by atoms with Gasteiger partial charge in [0.05, 0.1) is 6.21 Å². The first kappa shape index (κ1) is 15.7. The van der Waals surface area contributed by atoms with E-state index in [0.717, 1.165) is 10.8 Å². The van der Waals surface area contributed by atoms with E-state index in [2.05, 4.69) is 10.5 Å². The Morgan fingerprint density at radius 2 is 1.88 bits per heavy atom. The lowest BCUT2D eigenvalue weighted by Gasteiger charge is -2.08. The summed E-state index contributed by atoms with van der Waals surface area (Å²) in [4.78, 5) is 11.8. The minimum atomic E-state index is -0.393. The van der Waals surface area contributed by atoms with Crippen LogP contribution in [0, 0.1) is 5.82 Å². The average molecular weight is 322 g/mol. The average Bonchev–Trinajstić information content (AvgIpc) is 2.60. The SMILES string of the molecule is O=C(COc1cccc2ccccc12)N/N=C/c1cccc(F)c1. The van der Waals surface area contributed by atoms with E-state index in [-0.39, 0.29) is 12.4 Å². The highest BCUT2D eigenvalue weighted by molar-refractivity contribution is 5.89. The number of carbonyl (C=O) groups is 1. The molecule has 0 atom stereocenters. The molecule has 120 valence electrons. The maximum atomic E-state index is 13.0. The van der Waals surface area contributed by atoms with Crippen molar-refractivity contribution in [2.75, 3.05) is 6.61 Å². The molecular weight excluding hydrogens is 307 g/mol. The zero-order valence-electron chi connectivity index (χ0n) is 12.8. The molecule has 0 aliphatic heterocycles. The molecule has 0 saturated heterocycles. The lowest BCUT2D eigenvalue weighted by atomic mass is 10.1. The van der Waals surface area contributed by atoms with E-state index in [1.54, 1.807) is 12.1 Å². The molecule has 1 N–H and O–H groups in total. The summed E-state index contributed by atoms with van der Waals surface area (Å²) < 4.78 is 18.6. The molecule has 3 aromatic rings. The van der Waals surface area contributed by atoms with E-state index in [0.29, 0.717) is 11.3 Å². The molecule has 24 heavy (non-hydrogen) atoms. The van der Waals surface area contributed by atoms with Crippen LogP contribution in [0.3, 0.4) is 0 Å². The number of benzene rings is 3. The van der Waals surface area contributed by atoms with Gasteiger partial charge in [0.25, 0.3) is 5.91 Å². The molecule has 0 aromatic heterocycles. The van der Waals surface area contributed by atoms with E-state index < -0.39 is 5.91 Å². The number of hydrogen-bond donors (Lipinski definition) is 1. The summed E-state index contributed by atoms with van der Waals surface area (Å²) in [5.74, 6) is -0.113. The van der Waals surface area contributed by atoms with Crippen LogP contribution in [0.2, 0.25) is 0 Å². The molecule has 0 bridgehead atoms. The topological polar surface area (TPSA) is 50.7 Å². The van der Waals surface area contributed by atoms with Crippen LogP contribution in [-0.2, 0) is 4.79 Å². The van der Waals surface area contributed by atoms with Crippen LogP contribution >= 0.6 is 0 Å². The molecule has 3 rings (SSSR count). The van der Waals surface area contributed by atoms with Crippen LogP contribution in [-0.4, -0.2) is 18.7 Å². The predicted molar refractivity (Wildman–Crippen MR) is 91.6 cm³/mol. The van der Waals surface area contributed by atoms with Gasteiger partial charge in [0.2, 0.25) is 0 Å². The van der Waals surface area contributed by atoms with Crippen LogP contribution in [0.4, 0.5) is 4.39 Å². The number of fused-ring (bicyclic) bond motifs is 1. The van der Waals surface area contributed by atoms with Crippen molar-refractivity contribution in [3.63, 3.8) is 0 Å². The van der Waals surface area contributed by atoms with Gasteiger partial charge in [0.15, 0.2) is 6.61 Å². The molecule has 5 heteroatoms. The summed E-state index contributed by atoms with van der Waals surface area (Å²) in [6.07, 6.45) is 1.37. The van der Waals surface area contributed by atoms with Crippen LogP contribution < -0.4 is 10.2 Å². The molecular formula is C19H15FN2O2. The van der Waals surface area contributed by atoms with Gasteiger partial charge in [0.1, 0.15) is 11.6 Å². The van der Waals surface area contributed by atoms with Gasteiger partial charge in [-0.1, -0.05) is 48.5 Å². The number of hydrogen-bond acceptors (Lipinski definition) is 3. The third-order valence-corrected chi connectivity index (χ3v) is 3.36. The summed E-state index contributed by atoms with van der Waals surface area (Å²) in [6.45, 7) is -0.158. The number of carbonyl (C=O) groups excluding carboxylic acids is 1. The van der Waals surface area contributed by atoms with Crippen molar-refractivity contribution in [3.05, 3.63) is 78.1 Å². The van der Waals surface area contributed by atoms with Crippen molar-refractivity contribution in [1.29, 1.82) is 0 Å². The summed E-state index contributed by atoms with van der Waals surface area (Å²) in [7, 11) is 0. The Hall–Kier alpha value is -3.21. The zero-order chi connectivity index (χ0) is 16.8. The van der Waals surface area contributed by atoms with Gasteiger partial charge in [-0.3, -0.25) is 4.79 Å². The number of rotatable bonds is 5. The summed E-state index contributed by atoms with van der Waals surface area (Å²) in [6, 6.07) is 19.4. The normalized spacial score (nSPS) is 10.9. The number of ether oxygens (including phenoxy) is 1. The van der Waals surface area contributed by atoms with Crippen molar-refractivity contribution in [2.24, 2.45) is 5.10 Å². The van der Waals surface area contributed by atoms with E-state index in [4.69, 9.17) is 4.74 Å². The highest BCUT2D eigenvalue weighted by atomic mass is 19.1. The summed E-state index contributed by atoms with van der Waals surface area (Å²) >= 11 is 0. The van der Waals surface area contributed by atoms with E-state index in [1.165, 1.54) is 18.3 Å². The van der Waals surface area contributed by atoms with Crippen LogP contribution in [0.1, 0.15) is 5.56 Å². The van der Waals surface area contributed by atoms with Crippen molar-refractivity contribution in [3.8, 4) is 5.75 Å². The molecule has 0 unspecified atom stereocenters. The van der Waals surface area contributed by atoms with Crippen LogP contribution in [0.25, 0.3) is 10.8 Å². The van der Waals surface area contributed by atoms with E-state index in [1.807, 2.05) is 42.5 Å². The van der Waals surface area contributed by atoms with Crippen LogP contribution in [0.15, 0.2) is 71.8 Å². The highest BCUT2D eigenvalue weighted by Gasteiger charge is 2.04. The van der Waals surface area contributed by atoms with Crippen LogP contribution in [0.5, 0.6) is 5.75 Å². The zero-order valence-corrected chi connectivity index (χ0v) is 12.8. The lowest BCUT2D eigenvalue weighted by molar-refractivity contribution is -0.123. The first-order valence-electron chi connectivity index (χ1n) is 7.40. The second-order valence-corrected chi connectivity index (χ2v) is 5.11. The number of halogens is 1. The van der Waals surface area contributed by atoms with Crippen molar-refractivity contribution in [1.82, 2.24) is 5.43 Å². The van der Waals surface area contributed by atoms with Gasteiger partial charge in [-0.25, -0.2) is 9.82 Å². The minimum absolute atomic E-state index is 0.158. The Morgan fingerprint density at radius 1 is 1.08 bits per heavy atom. The lowest BCUT2D eigenvalue weighted by Crippen LogP contribution is -2.24. The molecule has 0 heterocycles. The molecule has 0 radical (unpaired) electrons. The van der Waals surface area contributed by atoms with Crippen molar-refractivity contribution >= 4 is 22.9 Å². The third kappa shape index (κ3) is 3.95. The van der Waals surface area contributed by atoms with Gasteiger partial charge in [0, 0.05) is 5.39 Å². The molecule has 4 nitrogen and oxygen atoms in total. The summed E-state index contributed by atoms with van der Waals surface area (Å²) in [5.41, 5.74) is 2.91. The smallest absolute Gasteiger partial charge is 0.277 e. The number of nitrogens with zero attached hydrogens (tertiary/aromatic N) is 1. The Bertz CT molecular complexity index is 888. The standard InChI is InChI=1S/C19H15FN2O2/c20-16-8-3-5-14(11-16)12-21-22-19(23)13-24-18-10-4-7-15-6-1-2-9-17(15)18/h1-12H,13H2,(H,22,23)/b21-12+. The Kier molecular flexibility index (Phi) is 4.81. The quantitative estimate of drug-likeness (QED) is 0.577. The fourth-order valence-corrected chi connectivity index (χ4v) is 2.26. The predicted octanol–water partition coefficient (Wildman–Crippen LogP) is 3.51. The van der Waals surface area contributed by atoms with Gasteiger partial charge in [-0.2, -0.15) is 5.10 Å². The Labute approximate surface area is 138 Å². The highest BCUT2D eigenvalue weighted by Crippen LogP contribution is 2.24. The van der Waals surface area contributed by atoms with Gasteiger partial charge >= 0.3 is 0 Å². The molecule has 0 fully saturated rings. The minimum Gasteiger partial charge on any atom is -0.483 e. The van der Waals surface area contributed by atoms with Crippen molar-refractivity contribution < 1.29 is 13.9 Å². The summed E-state index contributed by atoms with van der Waals surface area (Å²) in [5, 5.41) is 5.77. The maximum Gasteiger partial charge on any atom is 0.277 e. The monoisotopic (exact) mass is 322 g/mol. The second kappa shape index (κ2) is 7.37. The van der Waals surface area contributed by atoms with Crippen molar-refractivity contribution in [2.45, 2.75) is 0 Å². The second-order valence-electron chi connectivity index (χ2n) is 5.11. The number of hydrazone groups is 1. The van der Waals surface area contributed by atoms with Gasteiger partial charge in [-0.15, -0.1) is 0 Å². The largest absolute Gasteiger partial charge is 0.483 e. The number of amides is 1. The van der Waals surface area contributed by atoms with Gasteiger partial charge in [-0.05, 0) is 29.1 Å². The number of nitrogens with one attached hydrogen (secondary N) is 1. The molecule has 0 spiro atoms. The fraction of sp³-hybridized carbons (Fsp3) is 0.0526. The molecule has 3 aromatic carbocycles. The van der Waals surface area contributed by atoms with E-state index >= 15 is 0 Å². The Morgan fingerprint density at radius 3 is 2.75 bits per heavy atom.